The monoisotopic (exact) mass is 370 g/mol. The van der Waals surface area contributed by atoms with Gasteiger partial charge in [0.15, 0.2) is 5.96 Å². The molecule has 0 saturated carbocycles. The molecule has 10 heteroatoms. The molecule has 0 atom stereocenters. The maximum absolute atomic E-state index is 11.3. The van der Waals surface area contributed by atoms with Gasteiger partial charge in [0, 0.05) is 36.9 Å². The van der Waals surface area contributed by atoms with E-state index in [0.717, 1.165) is 42.3 Å². The Balaban J connectivity index is 1.84. The van der Waals surface area contributed by atoms with Gasteiger partial charge in [-0.25, -0.2) is 18.5 Å². The summed E-state index contributed by atoms with van der Waals surface area (Å²) >= 11 is 1.14. The fraction of sp³-hybridized carbons (Fsp3) is 0.429. The number of nitrogens with zero attached hydrogens (tertiary/aromatic N) is 3. The second-order valence-electron chi connectivity index (χ2n) is 5.01. The van der Waals surface area contributed by atoms with Crippen LogP contribution >= 0.6 is 11.3 Å². The highest BCUT2D eigenvalue weighted by molar-refractivity contribution is 7.91. The van der Waals surface area contributed by atoms with Gasteiger partial charge in [0.05, 0.1) is 6.54 Å². The van der Waals surface area contributed by atoms with Crippen LogP contribution in [-0.2, 0) is 23.1 Å². The van der Waals surface area contributed by atoms with Crippen molar-refractivity contribution in [1.82, 2.24) is 20.4 Å². The predicted molar refractivity (Wildman–Crippen MR) is 95.4 cm³/mol. The van der Waals surface area contributed by atoms with Crippen LogP contribution in [0.3, 0.4) is 0 Å². The lowest BCUT2D eigenvalue weighted by Gasteiger charge is -2.11. The van der Waals surface area contributed by atoms with Gasteiger partial charge in [0.25, 0.3) is 0 Å². The van der Waals surface area contributed by atoms with E-state index in [2.05, 4.69) is 20.7 Å². The van der Waals surface area contributed by atoms with Crippen LogP contribution in [0.15, 0.2) is 39.8 Å². The van der Waals surface area contributed by atoms with E-state index in [4.69, 9.17) is 5.14 Å². The van der Waals surface area contributed by atoms with E-state index < -0.39 is 10.0 Å². The van der Waals surface area contributed by atoms with Crippen LogP contribution in [-0.4, -0.2) is 37.2 Å². The van der Waals surface area contributed by atoms with Crippen LogP contribution in [0.4, 0.5) is 0 Å². The van der Waals surface area contributed by atoms with Crippen LogP contribution in [0.2, 0.25) is 0 Å². The molecule has 0 unspecified atom stereocenters. The second-order valence-corrected chi connectivity index (χ2v) is 7.97. The van der Waals surface area contributed by atoms with Crippen molar-refractivity contribution in [3.63, 3.8) is 0 Å². The van der Waals surface area contributed by atoms with Gasteiger partial charge in [-0.05, 0) is 31.5 Å². The number of sulfonamides is 1. The van der Waals surface area contributed by atoms with Crippen LogP contribution < -0.4 is 15.8 Å². The van der Waals surface area contributed by atoms with Crippen LogP contribution in [0, 0.1) is 0 Å². The number of primary sulfonamides is 1. The molecule has 0 amide bonds. The summed E-state index contributed by atoms with van der Waals surface area (Å²) in [5, 5.41) is 15.7. The minimum absolute atomic E-state index is 0.157. The first-order valence-electron chi connectivity index (χ1n) is 7.60. The summed E-state index contributed by atoms with van der Waals surface area (Å²) in [6.07, 6.45) is 4.61. The smallest absolute Gasteiger partial charge is 0.247 e. The summed E-state index contributed by atoms with van der Waals surface area (Å²) in [5.74, 6) is 0.698. The van der Waals surface area contributed by atoms with Crippen molar-refractivity contribution in [3.8, 4) is 0 Å². The average Bonchev–Trinajstić information content (AvgIpc) is 3.19. The Morgan fingerprint density at radius 3 is 2.88 bits per heavy atom. The van der Waals surface area contributed by atoms with Crippen molar-refractivity contribution in [2.45, 2.75) is 30.6 Å². The molecule has 2 aromatic rings. The lowest BCUT2D eigenvalue weighted by atomic mass is 10.4. The molecule has 2 rings (SSSR count). The molecule has 0 radical (unpaired) electrons. The standard InChI is InChI=1S/C14H22N6O2S2/c1-2-16-14(17-7-3-9-20-10-4-8-19-20)18-11-12-5-6-13(23-12)24(15,21)22/h4-6,8,10H,2-3,7,9,11H2,1H3,(H2,15,21,22)(H2,16,17,18). The second kappa shape index (κ2) is 8.81. The van der Waals surface area contributed by atoms with Crippen molar-refractivity contribution in [3.05, 3.63) is 35.5 Å². The zero-order chi connectivity index (χ0) is 17.4. The van der Waals surface area contributed by atoms with Crippen molar-refractivity contribution in [2.75, 3.05) is 13.1 Å². The summed E-state index contributed by atoms with van der Waals surface area (Å²) < 4.78 is 24.6. The van der Waals surface area contributed by atoms with Crippen molar-refractivity contribution >= 4 is 27.3 Å². The van der Waals surface area contributed by atoms with Gasteiger partial charge in [-0.2, -0.15) is 5.10 Å². The van der Waals surface area contributed by atoms with Crippen molar-refractivity contribution in [2.24, 2.45) is 10.1 Å². The lowest BCUT2D eigenvalue weighted by molar-refractivity contribution is 0.570. The number of hydrogen-bond donors (Lipinski definition) is 3. The fourth-order valence-electron chi connectivity index (χ4n) is 1.98. The zero-order valence-electron chi connectivity index (χ0n) is 13.5. The summed E-state index contributed by atoms with van der Waals surface area (Å²) in [6.45, 7) is 4.73. The molecule has 0 saturated heterocycles. The molecule has 0 aromatic carbocycles. The molecule has 132 valence electrons. The van der Waals surface area contributed by atoms with E-state index in [1.165, 1.54) is 6.07 Å². The van der Waals surface area contributed by atoms with E-state index in [9.17, 15) is 8.42 Å². The molecule has 0 aliphatic carbocycles. The van der Waals surface area contributed by atoms with E-state index in [0.29, 0.717) is 12.5 Å². The molecule has 8 nitrogen and oxygen atoms in total. The maximum atomic E-state index is 11.3. The SMILES string of the molecule is CCNC(=NCc1ccc(S(N)(=O)=O)s1)NCCCn1cccn1. The largest absolute Gasteiger partial charge is 0.357 e. The number of nitrogens with two attached hydrogens (primary N) is 1. The number of guanidine groups is 1. The van der Waals surface area contributed by atoms with Gasteiger partial charge < -0.3 is 10.6 Å². The van der Waals surface area contributed by atoms with Gasteiger partial charge >= 0.3 is 0 Å². The maximum Gasteiger partial charge on any atom is 0.247 e. The molecule has 4 N–H and O–H groups in total. The Hall–Kier alpha value is -1.91. The first-order chi connectivity index (χ1) is 11.5. The third-order valence-corrected chi connectivity index (χ3v) is 5.58. The predicted octanol–water partition coefficient (Wildman–Crippen LogP) is 0.737. The molecule has 0 aliphatic rings. The quantitative estimate of drug-likeness (QED) is 0.360. The molecular weight excluding hydrogens is 348 g/mol. The Morgan fingerprint density at radius 2 is 2.25 bits per heavy atom. The number of nitrogens with one attached hydrogen (secondary N) is 2. The highest BCUT2D eigenvalue weighted by Gasteiger charge is 2.10. The minimum atomic E-state index is -3.64. The van der Waals surface area contributed by atoms with E-state index >= 15 is 0 Å². The molecule has 2 aromatic heterocycles. The summed E-state index contributed by atoms with van der Waals surface area (Å²) in [7, 11) is -3.64. The Morgan fingerprint density at radius 1 is 1.42 bits per heavy atom. The third-order valence-electron chi connectivity index (χ3n) is 3.07. The fourth-order valence-corrected chi connectivity index (χ4v) is 3.68. The Bertz CT molecular complexity index is 752. The normalized spacial score (nSPS) is 12.3. The molecule has 0 aliphatic heterocycles. The van der Waals surface area contributed by atoms with Crippen LogP contribution in [0.5, 0.6) is 0 Å². The van der Waals surface area contributed by atoms with Gasteiger partial charge in [-0.3, -0.25) is 4.68 Å². The highest BCUT2D eigenvalue weighted by Crippen LogP contribution is 2.20. The van der Waals surface area contributed by atoms with E-state index in [1.807, 2.05) is 23.9 Å². The molecular formula is C14H22N6O2S2. The van der Waals surface area contributed by atoms with Crippen LogP contribution in [0.1, 0.15) is 18.2 Å². The lowest BCUT2D eigenvalue weighted by Crippen LogP contribution is -2.38. The summed E-state index contributed by atoms with van der Waals surface area (Å²) in [6, 6.07) is 5.14. The first-order valence-corrected chi connectivity index (χ1v) is 9.96. The highest BCUT2D eigenvalue weighted by atomic mass is 32.2. The topological polar surface area (TPSA) is 114 Å². The number of thiophene rings is 1. The number of rotatable bonds is 8. The van der Waals surface area contributed by atoms with Crippen LogP contribution in [0.25, 0.3) is 0 Å². The molecule has 0 spiro atoms. The van der Waals surface area contributed by atoms with Crippen molar-refractivity contribution in [1.29, 1.82) is 0 Å². The van der Waals surface area contributed by atoms with E-state index in [-0.39, 0.29) is 4.21 Å². The molecule has 24 heavy (non-hydrogen) atoms. The Labute approximate surface area is 145 Å². The number of hydrogen-bond acceptors (Lipinski definition) is 5. The summed E-state index contributed by atoms with van der Waals surface area (Å²) in [4.78, 5) is 5.30. The molecule has 0 fully saturated rings. The number of aryl methyl sites for hydroxylation is 1. The zero-order valence-corrected chi connectivity index (χ0v) is 15.1. The van der Waals surface area contributed by atoms with Gasteiger partial charge in [0.2, 0.25) is 10.0 Å². The van der Waals surface area contributed by atoms with Gasteiger partial charge in [0.1, 0.15) is 4.21 Å². The third kappa shape index (κ3) is 5.95. The van der Waals surface area contributed by atoms with Crippen molar-refractivity contribution < 1.29 is 8.42 Å². The number of aromatic nitrogens is 2. The molecule has 0 bridgehead atoms. The number of aliphatic imine (C=N–C) groups is 1. The summed E-state index contributed by atoms with van der Waals surface area (Å²) in [5.41, 5.74) is 0. The minimum Gasteiger partial charge on any atom is -0.357 e. The Kier molecular flexibility index (Phi) is 6.76. The average molecular weight is 371 g/mol. The molecule has 2 heterocycles. The van der Waals surface area contributed by atoms with E-state index in [1.54, 1.807) is 12.3 Å². The van der Waals surface area contributed by atoms with Gasteiger partial charge in [-0.15, -0.1) is 11.3 Å². The van der Waals surface area contributed by atoms with Gasteiger partial charge in [-0.1, -0.05) is 0 Å². The first kappa shape index (κ1) is 18.4.